The Morgan fingerprint density at radius 2 is 2.40 bits per heavy atom. The first-order valence-electron chi connectivity index (χ1n) is 6.85. The van der Waals surface area contributed by atoms with Crippen LogP contribution in [0.4, 0.5) is 0 Å². The highest BCUT2D eigenvalue weighted by Gasteiger charge is 2.26. The maximum atomic E-state index is 12.2. The molecular weight excluding hydrogens is 294 g/mol. The van der Waals surface area contributed by atoms with Crippen molar-refractivity contribution < 1.29 is 4.79 Å². The highest BCUT2D eigenvalue weighted by Crippen LogP contribution is 2.17. The summed E-state index contributed by atoms with van der Waals surface area (Å²) in [5.74, 6) is 0.219. The molecule has 1 unspecified atom stereocenters. The van der Waals surface area contributed by atoms with Crippen LogP contribution in [0.25, 0.3) is 0 Å². The van der Waals surface area contributed by atoms with Crippen LogP contribution in [0.1, 0.15) is 17.7 Å². The van der Waals surface area contributed by atoms with Crippen molar-refractivity contribution in [3.05, 3.63) is 22.4 Å². The highest BCUT2D eigenvalue weighted by atomic mass is 35.5. The Morgan fingerprint density at radius 1 is 1.60 bits per heavy atom. The number of nitrogens with one attached hydrogen (secondary N) is 1. The normalized spacial score (nSPS) is 18.8. The van der Waals surface area contributed by atoms with Crippen LogP contribution in [0.15, 0.2) is 17.5 Å². The smallest absolute Gasteiger partial charge is 0.236 e. The lowest BCUT2D eigenvalue weighted by atomic mass is 10.2. The third-order valence-electron chi connectivity index (χ3n) is 3.68. The number of amides is 1. The fraction of sp³-hybridized carbons (Fsp3) is 0.643. The Morgan fingerprint density at radius 3 is 3.05 bits per heavy atom. The second kappa shape index (κ2) is 8.62. The first-order chi connectivity index (χ1) is 9.20. The zero-order valence-corrected chi connectivity index (χ0v) is 13.8. The number of nitrogens with zero attached hydrogens (tertiary/aromatic N) is 2. The zero-order valence-electron chi connectivity index (χ0n) is 12.2. The molecule has 0 aromatic carbocycles. The van der Waals surface area contributed by atoms with Crippen molar-refractivity contribution in [2.45, 2.75) is 25.4 Å². The molecule has 0 radical (unpaired) electrons. The molecule has 1 fully saturated rings. The van der Waals surface area contributed by atoms with E-state index in [4.69, 9.17) is 0 Å². The first kappa shape index (κ1) is 17.4. The summed E-state index contributed by atoms with van der Waals surface area (Å²) in [5, 5.41) is 5.27. The van der Waals surface area contributed by atoms with E-state index in [0.717, 1.165) is 19.6 Å². The van der Waals surface area contributed by atoms with Crippen LogP contribution in [0.5, 0.6) is 0 Å². The van der Waals surface area contributed by atoms with Crippen molar-refractivity contribution in [3.8, 4) is 0 Å². The fourth-order valence-electron chi connectivity index (χ4n) is 2.59. The van der Waals surface area contributed by atoms with Gasteiger partial charge in [-0.15, -0.1) is 23.7 Å². The lowest BCUT2D eigenvalue weighted by Gasteiger charge is -2.26. The largest absolute Gasteiger partial charge is 0.340 e. The minimum Gasteiger partial charge on any atom is -0.340 e. The van der Waals surface area contributed by atoms with Gasteiger partial charge in [0.15, 0.2) is 0 Å². The molecule has 1 saturated heterocycles. The first-order valence-corrected chi connectivity index (χ1v) is 7.73. The molecule has 1 atom stereocenters. The Bertz CT molecular complexity index is 399. The van der Waals surface area contributed by atoms with E-state index in [2.05, 4.69) is 21.7 Å². The monoisotopic (exact) mass is 317 g/mol. The molecule has 1 aromatic rings. The minimum atomic E-state index is 0. The average molecular weight is 318 g/mol. The summed E-state index contributed by atoms with van der Waals surface area (Å²) in [6.45, 7) is 3.29. The molecule has 4 nitrogen and oxygen atoms in total. The molecule has 0 aliphatic carbocycles. The predicted octanol–water partition coefficient (Wildman–Crippen LogP) is 1.81. The summed E-state index contributed by atoms with van der Waals surface area (Å²) >= 11 is 1.70. The molecule has 0 bridgehead atoms. The summed E-state index contributed by atoms with van der Waals surface area (Å²) in [5.41, 5.74) is 0. The third kappa shape index (κ3) is 4.74. The molecule has 1 aromatic heterocycles. The van der Waals surface area contributed by atoms with E-state index < -0.39 is 0 Å². The summed E-state index contributed by atoms with van der Waals surface area (Å²) in [6, 6.07) is 4.62. The van der Waals surface area contributed by atoms with Gasteiger partial charge in [-0.1, -0.05) is 6.07 Å². The topological polar surface area (TPSA) is 35.6 Å². The molecule has 0 spiro atoms. The maximum absolute atomic E-state index is 12.2. The van der Waals surface area contributed by atoms with Crippen LogP contribution in [0.2, 0.25) is 0 Å². The fourth-order valence-corrected chi connectivity index (χ4v) is 3.35. The molecule has 1 aliphatic rings. The highest BCUT2D eigenvalue weighted by molar-refractivity contribution is 7.09. The summed E-state index contributed by atoms with van der Waals surface area (Å²) in [4.78, 5) is 17.6. The number of carbonyl (C=O) groups excluding carboxylic acids is 1. The van der Waals surface area contributed by atoms with Gasteiger partial charge < -0.3 is 10.2 Å². The van der Waals surface area contributed by atoms with E-state index in [9.17, 15) is 4.79 Å². The number of thiophene rings is 1. The van der Waals surface area contributed by atoms with Gasteiger partial charge in [0.2, 0.25) is 5.91 Å². The van der Waals surface area contributed by atoms with Gasteiger partial charge in [-0.25, -0.2) is 0 Å². The summed E-state index contributed by atoms with van der Waals surface area (Å²) < 4.78 is 0. The van der Waals surface area contributed by atoms with Gasteiger partial charge in [0.1, 0.15) is 0 Å². The van der Waals surface area contributed by atoms with Crippen molar-refractivity contribution in [1.82, 2.24) is 15.1 Å². The van der Waals surface area contributed by atoms with Crippen molar-refractivity contribution in [3.63, 3.8) is 0 Å². The number of rotatable bonds is 6. The lowest BCUT2D eigenvalue weighted by Crippen LogP contribution is -2.43. The Kier molecular flexibility index (Phi) is 7.51. The van der Waals surface area contributed by atoms with Gasteiger partial charge in [-0.2, -0.15) is 0 Å². The van der Waals surface area contributed by atoms with Crippen LogP contribution in [-0.4, -0.2) is 55.5 Å². The van der Waals surface area contributed by atoms with E-state index in [-0.39, 0.29) is 18.3 Å². The number of likely N-dealkylation sites (N-methyl/N-ethyl adjacent to an activating group) is 2. The Labute approximate surface area is 131 Å². The molecule has 2 rings (SSSR count). The standard InChI is InChI=1S/C14H23N3OS.ClH/c1-15-9-12-5-3-7-17(12)11-14(18)16(2)10-13-6-4-8-19-13;/h4,6,8,12,15H,3,5,7,9-11H2,1-2H3;1H. The van der Waals surface area contributed by atoms with Crippen LogP contribution < -0.4 is 5.32 Å². The number of likely N-dealkylation sites (tertiary alicyclic amines) is 1. The molecule has 1 amide bonds. The number of hydrogen-bond donors (Lipinski definition) is 1. The second-order valence-corrected chi connectivity index (χ2v) is 6.19. The van der Waals surface area contributed by atoms with Crippen LogP contribution in [0, 0.1) is 0 Å². The number of carbonyl (C=O) groups is 1. The van der Waals surface area contributed by atoms with Gasteiger partial charge in [-0.3, -0.25) is 9.69 Å². The Hall–Kier alpha value is -0.620. The summed E-state index contributed by atoms with van der Waals surface area (Å²) in [7, 11) is 3.87. The van der Waals surface area contributed by atoms with Gasteiger partial charge in [-0.05, 0) is 37.9 Å². The van der Waals surface area contributed by atoms with Gasteiger partial charge >= 0.3 is 0 Å². The molecule has 1 aliphatic heterocycles. The number of halogens is 1. The van der Waals surface area contributed by atoms with Gasteiger partial charge in [0, 0.05) is 24.5 Å². The van der Waals surface area contributed by atoms with E-state index >= 15 is 0 Å². The number of hydrogen-bond acceptors (Lipinski definition) is 4. The quantitative estimate of drug-likeness (QED) is 0.869. The molecule has 114 valence electrons. The SMILES string of the molecule is CNCC1CCCN1CC(=O)N(C)Cc1cccs1.Cl. The molecule has 20 heavy (non-hydrogen) atoms. The second-order valence-electron chi connectivity index (χ2n) is 5.15. The van der Waals surface area contributed by atoms with Crippen LogP contribution in [0.3, 0.4) is 0 Å². The predicted molar refractivity (Wildman–Crippen MR) is 86.6 cm³/mol. The third-order valence-corrected chi connectivity index (χ3v) is 4.54. The zero-order chi connectivity index (χ0) is 13.7. The van der Waals surface area contributed by atoms with Crippen molar-refractivity contribution in [1.29, 1.82) is 0 Å². The van der Waals surface area contributed by atoms with E-state index in [1.807, 2.05) is 25.1 Å². The molecular formula is C14H24ClN3OS. The van der Waals surface area contributed by atoms with Gasteiger partial charge in [0.25, 0.3) is 0 Å². The lowest BCUT2D eigenvalue weighted by molar-refractivity contribution is -0.131. The Balaban J connectivity index is 0.00000200. The van der Waals surface area contributed by atoms with E-state index in [1.165, 1.54) is 17.7 Å². The van der Waals surface area contributed by atoms with Crippen LogP contribution >= 0.6 is 23.7 Å². The summed E-state index contributed by atoms with van der Waals surface area (Å²) in [6.07, 6.45) is 2.40. The van der Waals surface area contributed by atoms with E-state index in [0.29, 0.717) is 12.6 Å². The van der Waals surface area contributed by atoms with E-state index in [1.54, 1.807) is 11.3 Å². The molecule has 0 saturated carbocycles. The van der Waals surface area contributed by atoms with Crippen molar-refractivity contribution in [2.75, 3.05) is 33.7 Å². The van der Waals surface area contributed by atoms with Gasteiger partial charge in [0.05, 0.1) is 13.1 Å². The average Bonchev–Trinajstić information content (AvgIpc) is 3.02. The minimum absolute atomic E-state index is 0. The van der Waals surface area contributed by atoms with Crippen molar-refractivity contribution >= 4 is 29.7 Å². The van der Waals surface area contributed by atoms with Crippen molar-refractivity contribution in [2.24, 2.45) is 0 Å². The maximum Gasteiger partial charge on any atom is 0.236 e. The molecule has 6 heteroatoms. The van der Waals surface area contributed by atoms with Crippen LogP contribution in [-0.2, 0) is 11.3 Å². The molecule has 2 heterocycles. The molecule has 1 N–H and O–H groups in total.